The molecule has 9 heteroatoms. The molecule has 3 aromatic rings. The minimum absolute atomic E-state index is 0.303. The van der Waals surface area contributed by atoms with Crippen LogP contribution >= 0.6 is 23.2 Å². The van der Waals surface area contributed by atoms with Crippen LogP contribution in [0.25, 0.3) is 11.1 Å². The summed E-state index contributed by atoms with van der Waals surface area (Å²) < 4.78 is 5.43. The van der Waals surface area contributed by atoms with E-state index >= 15 is 0 Å². The van der Waals surface area contributed by atoms with Gasteiger partial charge in [0.05, 0.1) is 28.8 Å². The van der Waals surface area contributed by atoms with Gasteiger partial charge in [0.1, 0.15) is 12.1 Å². The number of carbonyl (C=O) groups is 1. The monoisotopic (exact) mass is 429 g/mol. The van der Waals surface area contributed by atoms with E-state index in [-0.39, 0.29) is 5.91 Å². The third-order valence-corrected chi connectivity index (χ3v) is 5.23. The smallest absolute Gasteiger partial charge is 0.257 e. The predicted molar refractivity (Wildman–Crippen MR) is 113 cm³/mol. The van der Waals surface area contributed by atoms with Crippen molar-refractivity contribution in [1.82, 2.24) is 15.0 Å². The lowest BCUT2D eigenvalue weighted by Crippen LogP contribution is -2.37. The first kappa shape index (κ1) is 19.6. The molecule has 0 unspecified atom stereocenters. The standard InChI is InChI=1S/C20H17Cl2N5O2/c21-17-2-1-15(8-18(17)22)26-20(28)13-7-16(14-9-23-12-24-10-14)19(25-11-13)27-3-5-29-6-4-27/h1-2,7-12H,3-6H2,(H,26,28). The zero-order valence-electron chi connectivity index (χ0n) is 15.3. The summed E-state index contributed by atoms with van der Waals surface area (Å²) in [7, 11) is 0. The van der Waals surface area contributed by atoms with Crippen molar-refractivity contribution in [2.75, 3.05) is 36.5 Å². The Balaban J connectivity index is 1.67. The van der Waals surface area contributed by atoms with E-state index < -0.39 is 0 Å². The highest BCUT2D eigenvalue weighted by molar-refractivity contribution is 6.42. The van der Waals surface area contributed by atoms with Gasteiger partial charge in [-0.3, -0.25) is 4.79 Å². The number of halogens is 2. The van der Waals surface area contributed by atoms with E-state index in [0.29, 0.717) is 34.5 Å². The van der Waals surface area contributed by atoms with Crippen LogP contribution < -0.4 is 10.2 Å². The van der Waals surface area contributed by atoms with Gasteiger partial charge in [0.2, 0.25) is 0 Å². The second kappa shape index (κ2) is 8.73. The molecule has 3 heterocycles. The zero-order chi connectivity index (χ0) is 20.2. The molecule has 0 aliphatic carbocycles. The second-order valence-corrected chi connectivity index (χ2v) is 7.22. The molecule has 2 aromatic heterocycles. The first-order valence-corrected chi connectivity index (χ1v) is 9.72. The van der Waals surface area contributed by atoms with Gasteiger partial charge in [-0.2, -0.15) is 0 Å². The molecular weight excluding hydrogens is 413 g/mol. The van der Waals surface area contributed by atoms with E-state index in [9.17, 15) is 4.79 Å². The van der Waals surface area contributed by atoms with Gasteiger partial charge < -0.3 is 15.0 Å². The number of nitrogens with zero attached hydrogens (tertiary/aromatic N) is 4. The Labute approximate surface area is 177 Å². The maximum absolute atomic E-state index is 12.8. The Hall–Kier alpha value is -2.74. The molecule has 1 N–H and O–H groups in total. The highest BCUT2D eigenvalue weighted by atomic mass is 35.5. The van der Waals surface area contributed by atoms with E-state index in [1.165, 1.54) is 6.33 Å². The molecule has 1 amide bonds. The molecule has 1 saturated heterocycles. The number of aromatic nitrogens is 3. The number of ether oxygens (including phenoxy) is 1. The fraction of sp³-hybridized carbons (Fsp3) is 0.200. The number of nitrogens with one attached hydrogen (secondary N) is 1. The molecule has 7 nitrogen and oxygen atoms in total. The summed E-state index contributed by atoms with van der Waals surface area (Å²) in [5, 5.41) is 3.61. The van der Waals surface area contributed by atoms with Crippen LogP contribution in [0.3, 0.4) is 0 Å². The van der Waals surface area contributed by atoms with Gasteiger partial charge in [0.15, 0.2) is 0 Å². The van der Waals surface area contributed by atoms with Crippen molar-refractivity contribution < 1.29 is 9.53 Å². The number of rotatable bonds is 4. The SMILES string of the molecule is O=C(Nc1ccc(Cl)c(Cl)c1)c1cnc(N2CCOCC2)c(-c2cncnc2)c1. The molecule has 4 rings (SSSR count). The van der Waals surface area contributed by atoms with Crippen molar-refractivity contribution in [3.8, 4) is 11.1 Å². The zero-order valence-corrected chi connectivity index (χ0v) is 16.8. The Morgan fingerprint density at radius 3 is 2.52 bits per heavy atom. The number of morpholine rings is 1. The molecule has 0 atom stereocenters. The van der Waals surface area contributed by atoms with E-state index in [4.69, 9.17) is 27.9 Å². The molecule has 29 heavy (non-hydrogen) atoms. The molecule has 1 aromatic carbocycles. The maximum atomic E-state index is 12.8. The molecule has 0 radical (unpaired) electrons. The van der Waals surface area contributed by atoms with Crippen molar-refractivity contribution in [2.24, 2.45) is 0 Å². The summed E-state index contributed by atoms with van der Waals surface area (Å²) in [4.78, 5) is 27.7. The van der Waals surface area contributed by atoms with Gasteiger partial charge in [0, 0.05) is 48.5 Å². The number of carbonyl (C=O) groups excluding carboxylic acids is 1. The fourth-order valence-corrected chi connectivity index (χ4v) is 3.33. The molecule has 0 saturated carbocycles. The molecule has 148 valence electrons. The van der Waals surface area contributed by atoms with Crippen LogP contribution in [0.15, 0.2) is 49.2 Å². The lowest BCUT2D eigenvalue weighted by molar-refractivity contribution is 0.102. The van der Waals surface area contributed by atoms with Crippen LogP contribution in [0.2, 0.25) is 10.0 Å². The van der Waals surface area contributed by atoms with Gasteiger partial charge >= 0.3 is 0 Å². The molecule has 1 aliphatic heterocycles. The quantitative estimate of drug-likeness (QED) is 0.676. The van der Waals surface area contributed by atoms with E-state index in [1.54, 1.807) is 42.9 Å². The topological polar surface area (TPSA) is 80.2 Å². The van der Waals surface area contributed by atoms with Crippen molar-refractivity contribution >= 4 is 40.6 Å². The van der Waals surface area contributed by atoms with Crippen molar-refractivity contribution in [3.63, 3.8) is 0 Å². The minimum Gasteiger partial charge on any atom is -0.378 e. The Morgan fingerprint density at radius 2 is 1.79 bits per heavy atom. The summed E-state index contributed by atoms with van der Waals surface area (Å²) in [6.45, 7) is 2.71. The number of amides is 1. The average molecular weight is 430 g/mol. The van der Waals surface area contributed by atoms with Gasteiger partial charge in [-0.05, 0) is 24.3 Å². The summed E-state index contributed by atoms with van der Waals surface area (Å²) in [6, 6.07) is 6.71. The number of hydrogen-bond acceptors (Lipinski definition) is 6. The van der Waals surface area contributed by atoms with Crippen LogP contribution in [-0.2, 0) is 4.74 Å². The Kier molecular flexibility index (Phi) is 5.89. The van der Waals surface area contributed by atoms with Crippen LogP contribution in [0.4, 0.5) is 11.5 Å². The lowest BCUT2D eigenvalue weighted by Gasteiger charge is -2.29. The van der Waals surface area contributed by atoms with Crippen LogP contribution in [0.5, 0.6) is 0 Å². The molecule has 0 spiro atoms. The number of hydrogen-bond donors (Lipinski definition) is 1. The third-order valence-electron chi connectivity index (χ3n) is 4.49. The summed E-state index contributed by atoms with van der Waals surface area (Å²) in [5.41, 5.74) is 2.53. The fourth-order valence-electron chi connectivity index (χ4n) is 3.04. The van der Waals surface area contributed by atoms with Crippen LogP contribution in [-0.4, -0.2) is 47.2 Å². The molecule has 1 fully saturated rings. The highest BCUT2D eigenvalue weighted by Crippen LogP contribution is 2.30. The molecule has 1 aliphatic rings. The Morgan fingerprint density at radius 1 is 1.03 bits per heavy atom. The van der Waals surface area contributed by atoms with Gasteiger partial charge in [0.25, 0.3) is 5.91 Å². The summed E-state index contributed by atoms with van der Waals surface area (Å²) >= 11 is 12.0. The van der Waals surface area contributed by atoms with Crippen LogP contribution in [0, 0.1) is 0 Å². The number of anilines is 2. The van der Waals surface area contributed by atoms with Gasteiger partial charge in [-0.15, -0.1) is 0 Å². The number of pyridine rings is 1. The second-order valence-electron chi connectivity index (χ2n) is 6.40. The normalized spacial score (nSPS) is 13.9. The predicted octanol–water partition coefficient (Wildman–Crippen LogP) is 3.93. The molecule has 0 bridgehead atoms. The average Bonchev–Trinajstić information content (AvgIpc) is 2.77. The van der Waals surface area contributed by atoms with Gasteiger partial charge in [-0.1, -0.05) is 23.2 Å². The first-order chi connectivity index (χ1) is 14.1. The first-order valence-electron chi connectivity index (χ1n) is 8.96. The third kappa shape index (κ3) is 4.48. The number of benzene rings is 1. The highest BCUT2D eigenvalue weighted by Gasteiger charge is 2.20. The van der Waals surface area contributed by atoms with E-state index in [1.807, 2.05) is 0 Å². The van der Waals surface area contributed by atoms with Crippen molar-refractivity contribution in [3.05, 3.63) is 64.8 Å². The van der Waals surface area contributed by atoms with Crippen molar-refractivity contribution in [2.45, 2.75) is 0 Å². The minimum atomic E-state index is -0.303. The molecular formula is C20H17Cl2N5O2. The summed E-state index contributed by atoms with van der Waals surface area (Å²) in [6.07, 6.45) is 6.43. The lowest BCUT2D eigenvalue weighted by atomic mass is 10.1. The summed E-state index contributed by atoms with van der Waals surface area (Å²) in [5.74, 6) is 0.469. The van der Waals surface area contributed by atoms with E-state index in [2.05, 4.69) is 25.2 Å². The van der Waals surface area contributed by atoms with Crippen LogP contribution in [0.1, 0.15) is 10.4 Å². The largest absolute Gasteiger partial charge is 0.378 e. The van der Waals surface area contributed by atoms with E-state index in [0.717, 1.165) is 30.0 Å². The Bertz CT molecular complexity index is 1030. The maximum Gasteiger partial charge on any atom is 0.257 e. The van der Waals surface area contributed by atoms with Gasteiger partial charge in [-0.25, -0.2) is 15.0 Å². The van der Waals surface area contributed by atoms with Crippen molar-refractivity contribution in [1.29, 1.82) is 0 Å².